The van der Waals surface area contributed by atoms with Gasteiger partial charge < -0.3 is 4.90 Å². The van der Waals surface area contributed by atoms with E-state index in [1.165, 1.54) is 0 Å². The zero-order valence-corrected chi connectivity index (χ0v) is 7.86. The lowest BCUT2D eigenvalue weighted by atomic mass is 10.4. The van der Waals surface area contributed by atoms with Crippen LogP contribution in [0.4, 0.5) is 5.82 Å². The second kappa shape index (κ2) is 4.41. The maximum absolute atomic E-state index is 8.41. The van der Waals surface area contributed by atoms with Gasteiger partial charge in [-0.15, -0.1) is 0 Å². The zero-order chi connectivity index (χ0) is 9.68. The number of hydrogen-bond acceptors (Lipinski definition) is 4. The Morgan fingerprint density at radius 2 is 2.38 bits per heavy atom. The van der Waals surface area contributed by atoms with E-state index in [4.69, 9.17) is 5.26 Å². The Morgan fingerprint density at radius 3 is 3.00 bits per heavy atom. The predicted octanol–water partition coefficient (Wildman–Crippen LogP) is 1.13. The van der Waals surface area contributed by atoms with Crippen molar-refractivity contribution in [3.63, 3.8) is 0 Å². The van der Waals surface area contributed by atoms with Gasteiger partial charge in [0, 0.05) is 19.8 Å². The second-order valence-corrected chi connectivity index (χ2v) is 2.79. The summed E-state index contributed by atoms with van der Waals surface area (Å²) in [5.74, 6) is 1.61. The van der Waals surface area contributed by atoms with Gasteiger partial charge in [0.25, 0.3) is 0 Å². The van der Waals surface area contributed by atoms with Crippen molar-refractivity contribution in [3.8, 4) is 6.07 Å². The molecule has 0 aliphatic heterocycles. The Morgan fingerprint density at radius 1 is 1.62 bits per heavy atom. The molecule has 1 rings (SSSR count). The molecule has 1 heterocycles. The summed E-state index contributed by atoms with van der Waals surface area (Å²) in [5, 5.41) is 8.41. The van der Waals surface area contributed by atoms with Crippen molar-refractivity contribution in [3.05, 3.63) is 18.1 Å². The van der Waals surface area contributed by atoms with Crippen LogP contribution in [0, 0.1) is 18.3 Å². The fraction of sp³-hybridized carbons (Fsp3) is 0.444. The van der Waals surface area contributed by atoms with Gasteiger partial charge in [0.2, 0.25) is 0 Å². The van der Waals surface area contributed by atoms with Gasteiger partial charge in [0.1, 0.15) is 11.6 Å². The first-order chi connectivity index (χ1) is 6.24. The third-order valence-corrected chi connectivity index (χ3v) is 1.71. The summed E-state index contributed by atoms with van der Waals surface area (Å²) in [6, 6.07) is 3.94. The molecule has 0 atom stereocenters. The highest BCUT2D eigenvalue weighted by Gasteiger charge is 2.01. The Labute approximate surface area is 77.8 Å². The molecule has 1 aromatic heterocycles. The van der Waals surface area contributed by atoms with Crippen LogP contribution >= 0.6 is 0 Å². The van der Waals surface area contributed by atoms with Crippen molar-refractivity contribution >= 4 is 5.82 Å². The molecule has 0 spiro atoms. The van der Waals surface area contributed by atoms with E-state index in [9.17, 15) is 0 Å². The topological polar surface area (TPSA) is 52.8 Å². The van der Waals surface area contributed by atoms with E-state index in [2.05, 4.69) is 16.0 Å². The smallest absolute Gasteiger partial charge is 0.132 e. The molecule has 0 aliphatic rings. The summed E-state index contributed by atoms with van der Waals surface area (Å²) in [6.07, 6.45) is 2.24. The van der Waals surface area contributed by atoms with Crippen molar-refractivity contribution in [2.45, 2.75) is 13.3 Å². The average molecular weight is 176 g/mol. The second-order valence-electron chi connectivity index (χ2n) is 2.79. The molecule has 13 heavy (non-hydrogen) atoms. The number of rotatable bonds is 3. The molecule has 0 amide bonds. The standard InChI is InChI=1S/C9H12N4/c1-8-11-6-4-9(12-8)13(2)7-3-5-10/h4,6H,3,7H2,1-2H3. The van der Waals surface area contributed by atoms with Crippen LogP contribution in [-0.4, -0.2) is 23.6 Å². The molecule has 0 aliphatic carbocycles. The van der Waals surface area contributed by atoms with E-state index >= 15 is 0 Å². The summed E-state index contributed by atoms with van der Waals surface area (Å²) in [6.45, 7) is 2.55. The Hall–Kier alpha value is -1.63. The molecule has 0 N–H and O–H groups in total. The van der Waals surface area contributed by atoms with Crippen LogP contribution < -0.4 is 4.90 Å². The van der Waals surface area contributed by atoms with Gasteiger partial charge in [-0.25, -0.2) is 9.97 Å². The van der Waals surface area contributed by atoms with Crippen molar-refractivity contribution < 1.29 is 0 Å². The molecule has 0 fully saturated rings. The molecule has 4 heteroatoms. The van der Waals surface area contributed by atoms with Crippen molar-refractivity contribution in [1.82, 2.24) is 9.97 Å². The lowest BCUT2D eigenvalue weighted by molar-refractivity contribution is 0.870. The third-order valence-electron chi connectivity index (χ3n) is 1.71. The predicted molar refractivity (Wildman–Crippen MR) is 50.3 cm³/mol. The molecule has 0 aromatic carbocycles. The van der Waals surface area contributed by atoms with Crippen molar-refractivity contribution in [2.24, 2.45) is 0 Å². The first kappa shape index (κ1) is 9.46. The average Bonchev–Trinajstić information content (AvgIpc) is 2.14. The van der Waals surface area contributed by atoms with Crippen LogP contribution in [-0.2, 0) is 0 Å². The Bertz CT molecular complexity index is 316. The summed E-state index contributed by atoms with van der Waals surface area (Å²) in [5.41, 5.74) is 0. The van der Waals surface area contributed by atoms with Crippen LogP contribution in [0.25, 0.3) is 0 Å². The summed E-state index contributed by atoms with van der Waals surface area (Å²) in [7, 11) is 1.92. The first-order valence-electron chi connectivity index (χ1n) is 4.12. The minimum atomic E-state index is 0.513. The Balaban J connectivity index is 2.66. The number of nitriles is 1. The van der Waals surface area contributed by atoms with E-state index < -0.39 is 0 Å². The fourth-order valence-corrected chi connectivity index (χ4v) is 0.989. The molecule has 0 saturated carbocycles. The molecule has 0 bridgehead atoms. The molecule has 0 radical (unpaired) electrons. The van der Waals surface area contributed by atoms with Gasteiger partial charge in [-0.3, -0.25) is 0 Å². The Kier molecular flexibility index (Phi) is 3.21. The van der Waals surface area contributed by atoms with Crippen LogP contribution in [0.15, 0.2) is 12.3 Å². The third kappa shape index (κ3) is 2.71. The lowest BCUT2D eigenvalue weighted by Crippen LogP contribution is -2.19. The molecular formula is C9H12N4. The number of hydrogen-bond donors (Lipinski definition) is 0. The van der Waals surface area contributed by atoms with E-state index in [-0.39, 0.29) is 0 Å². The minimum Gasteiger partial charge on any atom is -0.359 e. The first-order valence-corrected chi connectivity index (χ1v) is 4.12. The molecule has 68 valence electrons. The molecule has 1 aromatic rings. The van der Waals surface area contributed by atoms with Gasteiger partial charge in [-0.2, -0.15) is 5.26 Å². The van der Waals surface area contributed by atoms with Crippen LogP contribution in [0.3, 0.4) is 0 Å². The maximum Gasteiger partial charge on any atom is 0.132 e. The van der Waals surface area contributed by atoms with Crippen molar-refractivity contribution in [1.29, 1.82) is 5.26 Å². The van der Waals surface area contributed by atoms with Crippen molar-refractivity contribution in [2.75, 3.05) is 18.5 Å². The molecule has 0 unspecified atom stereocenters. The van der Waals surface area contributed by atoms with Crippen LogP contribution in [0.2, 0.25) is 0 Å². The molecule has 4 nitrogen and oxygen atoms in total. The van der Waals surface area contributed by atoms with E-state index in [1.807, 2.05) is 24.9 Å². The maximum atomic E-state index is 8.41. The normalized spacial score (nSPS) is 9.31. The van der Waals surface area contributed by atoms with Crippen LogP contribution in [0.1, 0.15) is 12.2 Å². The molecular weight excluding hydrogens is 164 g/mol. The van der Waals surface area contributed by atoms with Gasteiger partial charge in [-0.05, 0) is 13.0 Å². The zero-order valence-electron chi connectivity index (χ0n) is 7.86. The van der Waals surface area contributed by atoms with E-state index in [0.717, 1.165) is 11.6 Å². The largest absolute Gasteiger partial charge is 0.359 e. The quantitative estimate of drug-likeness (QED) is 0.692. The monoisotopic (exact) mass is 176 g/mol. The fourth-order valence-electron chi connectivity index (χ4n) is 0.989. The van der Waals surface area contributed by atoms with Crippen LogP contribution in [0.5, 0.6) is 0 Å². The number of anilines is 1. The molecule has 0 saturated heterocycles. The lowest BCUT2D eigenvalue weighted by Gasteiger charge is -2.15. The summed E-state index contributed by atoms with van der Waals surface area (Å²) < 4.78 is 0. The summed E-state index contributed by atoms with van der Waals surface area (Å²) >= 11 is 0. The highest BCUT2D eigenvalue weighted by atomic mass is 15.2. The van der Waals surface area contributed by atoms with Gasteiger partial charge >= 0.3 is 0 Å². The van der Waals surface area contributed by atoms with Gasteiger partial charge in [0.15, 0.2) is 0 Å². The number of aryl methyl sites for hydroxylation is 1. The highest BCUT2D eigenvalue weighted by Crippen LogP contribution is 2.06. The SMILES string of the molecule is Cc1nccc(N(C)CCC#N)n1. The van der Waals surface area contributed by atoms with Gasteiger partial charge in [-0.1, -0.05) is 0 Å². The van der Waals surface area contributed by atoms with E-state index in [0.29, 0.717) is 13.0 Å². The minimum absolute atomic E-state index is 0.513. The highest BCUT2D eigenvalue weighted by molar-refractivity contribution is 5.35. The van der Waals surface area contributed by atoms with E-state index in [1.54, 1.807) is 6.20 Å². The number of aromatic nitrogens is 2. The summed E-state index contributed by atoms with van der Waals surface area (Å²) in [4.78, 5) is 10.2. The van der Waals surface area contributed by atoms with Gasteiger partial charge in [0.05, 0.1) is 12.5 Å². The number of nitrogens with zero attached hydrogens (tertiary/aromatic N) is 4.